The smallest absolute Gasteiger partial charge is 0.279 e. The molecule has 8 heteroatoms. The first kappa shape index (κ1) is 22.2. The van der Waals surface area contributed by atoms with Crippen LogP contribution < -0.4 is 14.8 Å². The van der Waals surface area contributed by atoms with Crippen molar-refractivity contribution in [3.05, 3.63) is 70.7 Å². The Labute approximate surface area is 203 Å². The van der Waals surface area contributed by atoms with Gasteiger partial charge in [0, 0.05) is 25.7 Å². The number of hydrogen-bond donors (Lipinski definition) is 1. The number of nitrogens with one attached hydrogen (secondary N) is 1. The third-order valence-corrected chi connectivity index (χ3v) is 7.62. The minimum Gasteiger partial charge on any atom is -0.485 e. The van der Waals surface area contributed by atoms with E-state index < -0.39 is 0 Å². The quantitative estimate of drug-likeness (QED) is 0.574. The molecule has 33 heavy (non-hydrogen) atoms. The molecule has 2 aromatic carbocycles. The first-order valence-corrected chi connectivity index (χ1v) is 12.1. The summed E-state index contributed by atoms with van der Waals surface area (Å²) in [5, 5.41) is 3.89. The summed E-state index contributed by atoms with van der Waals surface area (Å²) in [5.41, 5.74) is 2.34. The normalized spacial score (nSPS) is 23.3. The molecule has 4 heterocycles. The molecule has 0 bridgehead atoms. The van der Waals surface area contributed by atoms with Gasteiger partial charge in [0.05, 0.1) is 6.20 Å². The van der Waals surface area contributed by atoms with Crippen molar-refractivity contribution in [2.75, 3.05) is 19.6 Å². The monoisotopic (exact) mass is 483 g/mol. The largest absolute Gasteiger partial charge is 0.485 e. The van der Waals surface area contributed by atoms with Crippen LogP contribution in [-0.2, 0) is 6.42 Å². The number of ether oxygens (including phenoxy) is 2. The van der Waals surface area contributed by atoms with Crippen molar-refractivity contribution < 1.29 is 14.3 Å². The molecule has 172 valence electrons. The second-order valence-electron chi connectivity index (χ2n) is 8.69. The highest BCUT2D eigenvalue weighted by molar-refractivity contribution is 7.15. The van der Waals surface area contributed by atoms with Crippen LogP contribution in [0.15, 0.2) is 54.7 Å². The van der Waals surface area contributed by atoms with E-state index in [4.69, 9.17) is 9.47 Å². The van der Waals surface area contributed by atoms with Crippen LogP contribution in [0.4, 0.5) is 0 Å². The molecule has 6 nitrogen and oxygen atoms in total. The molecule has 1 aromatic heterocycles. The number of halogens is 1. The summed E-state index contributed by atoms with van der Waals surface area (Å²) >= 11 is 1.32. The third kappa shape index (κ3) is 4.33. The van der Waals surface area contributed by atoms with Crippen molar-refractivity contribution in [2.24, 2.45) is 5.92 Å². The minimum atomic E-state index is 0. The van der Waals surface area contributed by atoms with Gasteiger partial charge in [-0.2, -0.15) is 0 Å². The number of rotatable bonds is 4. The highest BCUT2D eigenvalue weighted by Gasteiger charge is 2.40. The van der Waals surface area contributed by atoms with Crippen LogP contribution in [0, 0.1) is 5.92 Å². The SMILES string of the molecule is Cl.O=C(c1cnc(Oc2ccc3c(c2)CC[C@@H](c2ccccc2)O3)s1)N1CC[C@H]2CNC[C@H]21. The van der Waals surface area contributed by atoms with Crippen molar-refractivity contribution in [3.63, 3.8) is 0 Å². The minimum absolute atomic E-state index is 0. The Morgan fingerprint density at radius 1 is 1.15 bits per heavy atom. The van der Waals surface area contributed by atoms with Crippen LogP contribution in [0.25, 0.3) is 0 Å². The molecule has 3 aliphatic heterocycles. The number of nitrogens with zero attached hydrogens (tertiary/aromatic N) is 2. The van der Waals surface area contributed by atoms with Crippen molar-refractivity contribution in [2.45, 2.75) is 31.4 Å². The number of amides is 1. The summed E-state index contributed by atoms with van der Waals surface area (Å²) in [5.74, 6) is 2.28. The maximum absolute atomic E-state index is 13.0. The molecule has 2 fully saturated rings. The van der Waals surface area contributed by atoms with Gasteiger partial charge in [-0.15, -0.1) is 12.4 Å². The zero-order valence-electron chi connectivity index (χ0n) is 18.1. The van der Waals surface area contributed by atoms with E-state index in [1.807, 2.05) is 41.3 Å². The molecular formula is C25H26ClN3O3S. The van der Waals surface area contributed by atoms with Gasteiger partial charge < -0.3 is 19.7 Å². The lowest BCUT2D eigenvalue weighted by molar-refractivity contribution is 0.0741. The molecule has 3 aliphatic rings. The summed E-state index contributed by atoms with van der Waals surface area (Å²) < 4.78 is 12.2. The number of thiazole rings is 1. The van der Waals surface area contributed by atoms with E-state index >= 15 is 0 Å². The number of carbonyl (C=O) groups excluding carboxylic acids is 1. The summed E-state index contributed by atoms with van der Waals surface area (Å²) in [6, 6.07) is 16.6. The summed E-state index contributed by atoms with van der Waals surface area (Å²) in [4.78, 5) is 20.0. The Morgan fingerprint density at radius 3 is 2.91 bits per heavy atom. The van der Waals surface area contributed by atoms with Crippen LogP contribution in [0.5, 0.6) is 16.7 Å². The summed E-state index contributed by atoms with van der Waals surface area (Å²) in [7, 11) is 0. The van der Waals surface area contributed by atoms with Gasteiger partial charge in [-0.05, 0) is 54.5 Å². The van der Waals surface area contributed by atoms with Crippen LogP contribution in [-0.4, -0.2) is 41.5 Å². The lowest BCUT2D eigenvalue weighted by Crippen LogP contribution is -2.38. The van der Waals surface area contributed by atoms with Crippen molar-refractivity contribution in [3.8, 4) is 16.7 Å². The molecule has 0 unspecified atom stereocenters. The predicted molar refractivity (Wildman–Crippen MR) is 130 cm³/mol. The van der Waals surface area contributed by atoms with Crippen LogP contribution in [0.1, 0.15) is 39.7 Å². The number of likely N-dealkylation sites (tertiary alicyclic amines) is 1. The number of carbonyl (C=O) groups is 1. The lowest BCUT2D eigenvalue weighted by atomic mass is 9.97. The van der Waals surface area contributed by atoms with Crippen LogP contribution in [0.2, 0.25) is 0 Å². The van der Waals surface area contributed by atoms with Crippen molar-refractivity contribution in [1.82, 2.24) is 15.2 Å². The van der Waals surface area contributed by atoms with E-state index in [1.165, 1.54) is 16.9 Å². The van der Waals surface area contributed by atoms with Gasteiger partial charge in [0.2, 0.25) is 0 Å². The van der Waals surface area contributed by atoms with Crippen LogP contribution >= 0.6 is 23.7 Å². The van der Waals surface area contributed by atoms with E-state index in [0.29, 0.717) is 22.0 Å². The van der Waals surface area contributed by atoms with Gasteiger partial charge in [-0.3, -0.25) is 4.79 Å². The Morgan fingerprint density at radius 2 is 2.03 bits per heavy atom. The molecule has 6 rings (SSSR count). The fourth-order valence-electron chi connectivity index (χ4n) is 5.08. The first-order chi connectivity index (χ1) is 15.7. The molecule has 3 atom stereocenters. The number of hydrogen-bond acceptors (Lipinski definition) is 6. The second kappa shape index (κ2) is 9.33. The van der Waals surface area contributed by atoms with Gasteiger partial charge in [0.1, 0.15) is 22.5 Å². The Balaban J connectivity index is 0.00000228. The van der Waals surface area contributed by atoms with Gasteiger partial charge >= 0.3 is 0 Å². The Kier molecular flexibility index (Phi) is 6.27. The fraction of sp³-hybridized carbons (Fsp3) is 0.360. The zero-order chi connectivity index (χ0) is 21.5. The van der Waals surface area contributed by atoms with Gasteiger partial charge in [-0.1, -0.05) is 41.7 Å². The molecule has 0 aliphatic carbocycles. The highest BCUT2D eigenvalue weighted by Crippen LogP contribution is 2.38. The van der Waals surface area contributed by atoms with Crippen molar-refractivity contribution in [1.29, 1.82) is 0 Å². The topological polar surface area (TPSA) is 63.7 Å². The molecule has 0 saturated carbocycles. The molecule has 2 saturated heterocycles. The van der Waals surface area contributed by atoms with Gasteiger partial charge in [0.15, 0.2) is 0 Å². The number of fused-ring (bicyclic) bond motifs is 2. The number of aryl methyl sites for hydroxylation is 1. The van der Waals surface area contributed by atoms with E-state index in [1.54, 1.807) is 6.20 Å². The Hall–Kier alpha value is -2.61. The molecule has 1 N–H and O–H groups in total. The van der Waals surface area contributed by atoms with Crippen molar-refractivity contribution >= 4 is 29.7 Å². The van der Waals surface area contributed by atoms with E-state index in [-0.39, 0.29) is 24.4 Å². The molecular weight excluding hydrogens is 458 g/mol. The summed E-state index contributed by atoms with van der Waals surface area (Å²) in [6.07, 6.45) is 4.67. The number of aromatic nitrogens is 1. The van der Waals surface area contributed by atoms with Gasteiger partial charge in [0.25, 0.3) is 11.1 Å². The highest BCUT2D eigenvalue weighted by atomic mass is 35.5. The van der Waals surface area contributed by atoms with E-state index in [2.05, 4.69) is 22.4 Å². The third-order valence-electron chi connectivity index (χ3n) is 6.75. The predicted octanol–water partition coefficient (Wildman–Crippen LogP) is 4.86. The summed E-state index contributed by atoms with van der Waals surface area (Å²) in [6.45, 7) is 2.74. The Bertz CT molecular complexity index is 1140. The zero-order valence-corrected chi connectivity index (χ0v) is 19.7. The molecule has 3 aromatic rings. The van der Waals surface area contributed by atoms with E-state index in [0.717, 1.165) is 56.0 Å². The lowest BCUT2D eigenvalue weighted by Gasteiger charge is -2.26. The standard InChI is InChI=1S/C25H25N3O3S.ClH/c29-24(28-11-10-18-13-26-14-20(18)28)23-15-27-25(32-23)30-19-7-9-22-17(12-19)6-8-21(31-22)16-4-2-1-3-5-16;/h1-5,7,9,12,15,18,20-21,26H,6,8,10-11,13-14H2;1H/t18-,20+,21-;/m0./s1. The van der Waals surface area contributed by atoms with E-state index in [9.17, 15) is 4.79 Å². The first-order valence-electron chi connectivity index (χ1n) is 11.2. The fourth-order valence-corrected chi connectivity index (χ4v) is 5.82. The number of benzene rings is 2. The maximum atomic E-state index is 13.0. The second-order valence-corrected chi connectivity index (χ2v) is 9.68. The average Bonchev–Trinajstić information content (AvgIpc) is 3.57. The van der Waals surface area contributed by atoms with Crippen LogP contribution in [0.3, 0.4) is 0 Å². The van der Waals surface area contributed by atoms with Gasteiger partial charge in [-0.25, -0.2) is 4.98 Å². The molecule has 0 spiro atoms. The maximum Gasteiger partial charge on any atom is 0.279 e. The molecule has 1 amide bonds. The molecule has 0 radical (unpaired) electrons. The average molecular weight is 484 g/mol.